The summed E-state index contributed by atoms with van der Waals surface area (Å²) in [5.74, 6) is 1.59. The molecule has 0 bridgehead atoms. The number of hydrogen-bond acceptors (Lipinski definition) is 3. The molecule has 1 unspecified atom stereocenters. The lowest BCUT2D eigenvalue weighted by atomic mass is 9.94. The third kappa shape index (κ3) is 1.45. The smallest absolute Gasteiger partial charge is 0.170 e. The number of carbonyl (C=O) groups excluding carboxylic acids is 1. The SMILES string of the molecule is Cc1ccc(C2(C)CC(=O)C=CO2)o1. The molecule has 1 aliphatic heterocycles. The molecule has 1 aliphatic rings. The molecule has 0 N–H and O–H groups in total. The van der Waals surface area contributed by atoms with E-state index in [1.54, 1.807) is 0 Å². The van der Waals surface area contributed by atoms with Crippen LogP contribution in [-0.2, 0) is 15.1 Å². The van der Waals surface area contributed by atoms with Gasteiger partial charge in [0.05, 0.1) is 12.7 Å². The summed E-state index contributed by atoms with van der Waals surface area (Å²) in [4.78, 5) is 11.3. The average molecular weight is 192 g/mol. The summed E-state index contributed by atoms with van der Waals surface area (Å²) in [5.41, 5.74) is -0.639. The molecule has 0 radical (unpaired) electrons. The largest absolute Gasteiger partial charge is 0.487 e. The standard InChI is InChI=1S/C11H12O3/c1-8-3-4-10(14-8)11(2)7-9(12)5-6-13-11/h3-6H,7H2,1-2H3. The number of ether oxygens (including phenoxy) is 1. The molecular weight excluding hydrogens is 180 g/mol. The van der Waals surface area contributed by atoms with Gasteiger partial charge in [-0.25, -0.2) is 0 Å². The molecular formula is C11H12O3. The lowest BCUT2D eigenvalue weighted by Gasteiger charge is -2.28. The number of furan rings is 1. The van der Waals surface area contributed by atoms with Crippen LogP contribution in [-0.4, -0.2) is 5.78 Å². The number of carbonyl (C=O) groups is 1. The Kier molecular flexibility index (Phi) is 1.95. The molecule has 1 aromatic rings. The second kappa shape index (κ2) is 3.01. The number of allylic oxidation sites excluding steroid dienone is 1. The van der Waals surface area contributed by atoms with Gasteiger partial charge in [-0.15, -0.1) is 0 Å². The van der Waals surface area contributed by atoms with Gasteiger partial charge in [0.15, 0.2) is 11.4 Å². The minimum atomic E-state index is -0.639. The predicted octanol–water partition coefficient (Wildman–Crippen LogP) is 2.31. The van der Waals surface area contributed by atoms with Crippen molar-refractivity contribution < 1.29 is 13.9 Å². The van der Waals surface area contributed by atoms with Gasteiger partial charge in [-0.1, -0.05) is 0 Å². The van der Waals surface area contributed by atoms with Crippen molar-refractivity contribution in [3.05, 3.63) is 36.0 Å². The summed E-state index contributed by atoms with van der Waals surface area (Å²) < 4.78 is 10.9. The van der Waals surface area contributed by atoms with Gasteiger partial charge in [0.1, 0.15) is 11.5 Å². The Morgan fingerprint density at radius 2 is 2.21 bits per heavy atom. The van der Waals surface area contributed by atoms with E-state index < -0.39 is 5.60 Å². The Hall–Kier alpha value is -1.51. The van der Waals surface area contributed by atoms with Crippen LogP contribution in [0.5, 0.6) is 0 Å². The molecule has 0 saturated heterocycles. The van der Waals surface area contributed by atoms with Crippen LogP contribution < -0.4 is 0 Å². The summed E-state index contributed by atoms with van der Waals surface area (Å²) in [6.45, 7) is 3.72. The molecule has 74 valence electrons. The number of aryl methyl sites for hydroxylation is 1. The van der Waals surface area contributed by atoms with E-state index in [0.29, 0.717) is 12.2 Å². The quantitative estimate of drug-likeness (QED) is 0.685. The molecule has 2 heterocycles. The normalized spacial score (nSPS) is 26.3. The molecule has 0 amide bonds. The summed E-state index contributed by atoms with van der Waals surface area (Å²) in [6, 6.07) is 3.72. The van der Waals surface area contributed by atoms with Crippen LogP contribution in [0.1, 0.15) is 24.9 Å². The maximum absolute atomic E-state index is 11.3. The van der Waals surface area contributed by atoms with Gasteiger partial charge in [0.2, 0.25) is 0 Å². The van der Waals surface area contributed by atoms with Crippen molar-refractivity contribution >= 4 is 5.78 Å². The first-order valence-electron chi connectivity index (χ1n) is 4.54. The van der Waals surface area contributed by atoms with Crippen molar-refractivity contribution in [2.45, 2.75) is 25.9 Å². The third-order valence-electron chi connectivity index (χ3n) is 2.36. The van der Waals surface area contributed by atoms with Gasteiger partial charge < -0.3 is 9.15 Å². The predicted molar refractivity (Wildman–Crippen MR) is 50.6 cm³/mol. The molecule has 0 aromatic carbocycles. The molecule has 2 rings (SSSR count). The van der Waals surface area contributed by atoms with E-state index in [1.807, 2.05) is 26.0 Å². The van der Waals surface area contributed by atoms with Crippen LogP contribution in [0.2, 0.25) is 0 Å². The summed E-state index contributed by atoms with van der Waals surface area (Å²) >= 11 is 0. The number of ketones is 1. The van der Waals surface area contributed by atoms with E-state index in [4.69, 9.17) is 9.15 Å². The maximum Gasteiger partial charge on any atom is 0.170 e. The molecule has 14 heavy (non-hydrogen) atoms. The van der Waals surface area contributed by atoms with Gasteiger partial charge in [0, 0.05) is 6.08 Å². The molecule has 0 saturated carbocycles. The lowest BCUT2D eigenvalue weighted by molar-refractivity contribution is -0.123. The highest BCUT2D eigenvalue weighted by Gasteiger charge is 2.35. The van der Waals surface area contributed by atoms with Crippen LogP contribution in [0.15, 0.2) is 28.9 Å². The maximum atomic E-state index is 11.3. The molecule has 1 atom stereocenters. The fourth-order valence-electron chi connectivity index (χ4n) is 1.56. The molecule has 0 aliphatic carbocycles. The van der Waals surface area contributed by atoms with Gasteiger partial charge in [-0.2, -0.15) is 0 Å². The van der Waals surface area contributed by atoms with Crippen molar-refractivity contribution in [1.82, 2.24) is 0 Å². The van der Waals surface area contributed by atoms with E-state index in [-0.39, 0.29) is 5.78 Å². The minimum absolute atomic E-state index is 0.0628. The number of hydrogen-bond donors (Lipinski definition) is 0. The second-order valence-corrected chi connectivity index (χ2v) is 3.70. The summed E-state index contributed by atoms with van der Waals surface area (Å²) in [5, 5.41) is 0. The van der Waals surface area contributed by atoms with Crippen molar-refractivity contribution in [3.8, 4) is 0 Å². The zero-order valence-electron chi connectivity index (χ0n) is 8.24. The summed E-state index contributed by atoms with van der Waals surface area (Å²) in [6.07, 6.45) is 3.21. The third-order valence-corrected chi connectivity index (χ3v) is 2.36. The van der Waals surface area contributed by atoms with Gasteiger partial charge >= 0.3 is 0 Å². The monoisotopic (exact) mass is 192 g/mol. The van der Waals surface area contributed by atoms with E-state index in [1.165, 1.54) is 12.3 Å². The number of rotatable bonds is 1. The Labute approximate surface area is 82.4 Å². The highest BCUT2D eigenvalue weighted by atomic mass is 16.5. The van der Waals surface area contributed by atoms with Crippen molar-refractivity contribution in [2.24, 2.45) is 0 Å². The zero-order chi connectivity index (χ0) is 10.2. The zero-order valence-corrected chi connectivity index (χ0v) is 8.24. The first kappa shape index (κ1) is 9.06. The Bertz CT molecular complexity index is 389. The fraction of sp³-hybridized carbons (Fsp3) is 0.364. The van der Waals surface area contributed by atoms with Crippen molar-refractivity contribution in [3.63, 3.8) is 0 Å². The van der Waals surface area contributed by atoms with E-state index >= 15 is 0 Å². The highest BCUT2D eigenvalue weighted by molar-refractivity contribution is 5.90. The Morgan fingerprint density at radius 3 is 2.79 bits per heavy atom. The van der Waals surface area contributed by atoms with Crippen LogP contribution in [0, 0.1) is 6.92 Å². The van der Waals surface area contributed by atoms with E-state index in [0.717, 1.165) is 5.76 Å². The van der Waals surface area contributed by atoms with Crippen molar-refractivity contribution in [2.75, 3.05) is 0 Å². The molecule has 3 nitrogen and oxygen atoms in total. The molecule has 1 aromatic heterocycles. The second-order valence-electron chi connectivity index (χ2n) is 3.70. The Balaban J connectivity index is 2.33. The lowest BCUT2D eigenvalue weighted by Crippen LogP contribution is -2.29. The topological polar surface area (TPSA) is 39.4 Å². The molecule has 0 spiro atoms. The van der Waals surface area contributed by atoms with Gasteiger partial charge in [0.25, 0.3) is 0 Å². The van der Waals surface area contributed by atoms with Gasteiger partial charge in [-0.3, -0.25) is 4.79 Å². The van der Waals surface area contributed by atoms with Gasteiger partial charge in [-0.05, 0) is 26.0 Å². The van der Waals surface area contributed by atoms with Crippen LogP contribution in [0.3, 0.4) is 0 Å². The minimum Gasteiger partial charge on any atom is -0.487 e. The van der Waals surface area contributed by atoms with E-state index in [2.05, 4.69) is 0 Å². The van der Waals surface area contributed by atoms with Crippen LogP contribution >= 0.6 is 0 Å². The van der Waals surface area contributed by atoms with E-state index in [9.17, 15) is 4.79 Å². The first-order chi connectivity index (χ1) is 6.60. The highest BCUT2D eigenvalue weighted by Crippen LogP contribution is 2.33. The summed E-state index contributed by atoms with van der Waals surface area (Å²) in [7, 11) is 0. The molecule has 0 fully saturated rings. The fourth-order valence-corrected chi connectivity index (χ4v) is 1.56. The molecule has 3 heteroatoms. The average Bonchev–Trinajstić information content (AvgIpc) is 2.52. The van der Waals surface area contributed by atoms with Crippen LogP contribution in [0.4, 0.5) is 0 Å². The van der Waals surface area contributed by atoms with Crippen LogP contribution in [0.25, 0.3) is 0 Å². The first-order valence-corrected chi connectivity index (χ1v) is 4.54. The van der Waals surface area contributed by atoms with Crippen molar-refractivity contribution in [1.29, 1.82) is 0 Å². The Morgan fingerprint density at radius 1 is 1.43 bits per heavy atom.